The van der Waals surface area contributed by atoms with Crippen LogP contribution in [0, 0.1) is 28.6 Å². The molecule has 0 spiro atoms. The number of Topliss-reactive ketones (excluding diaryl/α,β-unsaturated/α-hetero) is 1. The van der Waals surface area contributed by atoms with Crippen molar-refractivity contribution in [1.29, 1.82) is 0 Å². The van der Waals surface area contributed by atoms with Crippen LogP contribution in [0.3, 0.4) is 0 Å². The molecule has 4 nitrogen and oxygen atoms in total. The van der Waals surface area contributed by atoms with Gasteiger partial charge in [0, 0.05) is 17.8 Å². The van der Waals surface area contributed by atoms with Gasteiger partial charge in [-0.1, -0.05) is 24.6 Å². The lowest BCUT2D eigenvalue weighted by Gasteiger charge is -2.56. The molecule has 4 aliphatic rings. The summed E-state index contributed by atoms with van der Waals surface area (Å²) in [7, 11) is 0. The number of allylic oxidation sites excluding steroid dienone is 1. The maximum absolute atomic E-state index is 12.5. The van der Waals surface area contributed by atoms with Gasteiger partial charge in [-0.3, -0.25) is 4.79 Å². The Labute approximate surface area is 137 Å². The van der Waals surface area contributed by atoms with Gasteiger partial charge in [-0.25, -0.2) is 0 Å². The third-order valence-electron chi connectivity index (χ3n) is 7.76. The van der Waals surface area contributed by atoms with Crippen LogP contribution in [0.25, 0.3) is 0 Å². The van der Waals surface area contributed by atoms with Crippen molar-refractivity contribution in [3.63, 3.8) is 0 Å². The molecule has 4 rings (SSSR count). The summed E-state index contributed by atoms with van der Waals surface area (Å²) in [5, 5.41) is 23.3. The van der Waals surface area contributed by atoms with Gasteiger partial charge in [-0.2, -0.15) is 0 Å². The molecule has 0 bridgehead atoms. The van der Waals surface area contributed by atoms with E-state index in [1.165, 1.54) is 5.57 Å². The van der Waals surface area contributed by atoms with Gasteiger partial charge in [0.1, 0.15) is 5.78 Å². The van der Waals surface area contributed by atoms with Crippen LogP contribution in [0.15, 0.2) is 16.8 Å². The van der Waals surface area contributed by atoms with Gasteiger partial charge >= 0.3 is 0 Å². The summed E-state index contributed by atoms with van der Waals surface area (Å²) >= 11 is 0. The summed E-state index contributed by atoms with van der Waals surface area (Å²) < 4.78 is 0. The molecule has 0 radical (unpaired) electrons. The van der Waals surface area contributed by atoms with Crippen molar-refractivity contribution in [2.24, 2.45) is 33.7 Å². The highest BCUT2D eigenvalue weighted by Gasteiger charge is 2.60. The number of carbonyl (C=O) groups excluding carboxylic acids is 1. The van der Waals surface area contributed by atoms with Crippen LogP contribution in [-0.4, -0.2) is 27.9 Å². The number of ketones is 1. The van der Waals surface area contributed by atoms with E-state index in [1.807, 2.05) is 6.08 Å². The predicted molar refractivity (Wildman–Crippen MR) is 87.3 cm³/mol. The molecule has 0 aromatic carbocycles. The number of oxime groups is 1. The lowest BCUT2D eigenvalue weighted by atomic mass is 9.47. The molecule has 3 saturated carbocycles. The molecule has 4 heteroatoms. The standard InChI is InChI=1S/C19H27NO3/c1-18-7-5-12(21)9-11(18)10-15(20-23)17-13-3-4-16(22)19(13,2)8-6-14(17)18/h10,12-14,17,21,23H,3-9H2,1-2H3/b20-15-/t12-,13-,14-,17-,18-,19-/m0/s1. The normalized spacial score (nSPS) is 51.0. The number of carbonyl (C=O) groups is 1. The van der Waals surface area contributed by atoms with E-state index in [0.29, 0.717) is 30.5 Å². The van der Waals surface area contributed by atoms with Gasteiger partial charge in [-0.05, 0) is 61.9 Å². The molecule has 0 amide bonds. The second kappa shape index (κ2) is 4.92. The van der Waals surface area contributed by atoms with Gasteiger partial charge < -0.3 is 10.3 Å². The van der Waals surface area contributed by atoms with Crippen molar-refractivity contribution in [2.75, 3.05) is 0 Å². The SMILES string of the molecule is C[C@]12CC[C@H](O)CC1=C/C(=N/O)[C@@H]1[C@@H]2CC[C@]2(C)C(=O)CC[C@@H]12. The number of aliphatic hydroxyl groups is 1. The van der Waals surface area contributed by atoms with Crippen LogP contribution in [0.4, 0.5) is 0 Å². The first kappa shape index (κ1) is 15.4. The van der Waals surface area contributed by atoms with Gasteiger partial charge in [0.2, 0.25) is 0 Å². The van der Waals surface area contributed by atoms with E-state index in [1.54, 1.807) is 0 Å². The topological polar surface area (TPSA) is 69.9 Å². The number of hydrogen-bond acceptors (Lipinski definition) is 4. The summed E-state index contributed by atoms with van der Waals surface area (Å²) in [5.74, 6) is 1.33. The molecular weight excluding hydrogens is 290 g/mol. The monoisotopic (exact) mass is 317 g/mol. The van der Waals surface area contributed by atoms with E-state index in [-0.39, 0.29) is 22.9 Å². The number of aliphatic hydroxyl groups excluding tert-OH is 1. The number of fused-ring (bicyclic) bond motifs is 5. The maximum atomic E-state index is 12.5. The fourth-order valence-electron chi connectivity index (χ4n) is 6.27. The number of rotatable bonds is 0. The molecule has 0 heterocycles. The van der Waals surface area contributed by atoms with Crippen molar-refractivity contribution in [1.82, 2.24) is 0 Å². The Morgan fingerprint density at radius 1 is 1.13 bits per heavy atom. The fourth-order valence-corrected chi connectivity index (χ4v) is 6.27. The van der Waals surface area contributed by atoms with E-state index < -0.39 is 0 Å². The fraction of sp³-hybridized carbons (Fsp3) is 0.789. The van der Waals surface area contributed by atoms with E-state index in [9.17, 15) is 15.1 Å². The minimum absolute atomic E-state index is 0.0883. The molecule has 6 atom stereocenters. The Morgan fingerprint density at radius 3 is 2.57 bits per heavy atom. The summed E-state index contributed by atoms with van der Waals surface area (Å²) in [4.78, 5) is 12.5. The van der Waals surface area contributed by atoms with Crippen LogP contribution in [0.2, 0.25) is 0 Å². The molecule has 0 aliphatic heterocycles. The third-order valence-corrected chi connectivity index (χ3v) is 7.76. The predicted octanol–water partition coefficient (Wildman–Crippen LogP) is 3.32. The Bertz CT molecular complexity index is 610. The van der Waals surface area contributed by atoms with Crippen LogP contribution >= 0.6 is 0 Å². The molecule has 126 valence electrons. The highest BCUT2D eigenvalue weighted by atomic mass is 16.4. The number of hydrogen-bond donors (Lipinski definition) is 2. The minimum atomic E-state index is -0.271. The molecule has 0 unspecified atom stereocenters. The Kier molecular flexibility index (Phi) is 3.29. The minimum Gasteiger partial charge on any atom is -0.411 e. The smallest absolute Gasteiger partial charge is 0.139 e. The van der Waals surface area contributed by atoms with Crippen molar-refractivity contribution in [2.45, 2.75) is 64.9 Å². The van der Waals surface area contributed by atoms with Crippen molar-refractivity contribution in [3.05, 3.63) is 11.6 Å². The maximum Gasteiger partial charge on any atom is 0.139 e. The Hall–Kier alpha value is -1.16. The molecule has 3 fully saturated rings. The van der Waals surface area contributed by atoms with Crippen molar-refractivity contribution in [3.8, 4) is 0 Å². The van der Waals surface area contributed by atoms with Gasteiger partial charge in [-0.15, -0.1) is 0 Å². The first-order valence-corrected chi connectivity index (χ1v) is 9.04. The van der Waals surface area contributed by atoms with Crippen LogP contribution < -0.4 is 0 Å². The molecule has 2 N–H and O–H groups in total. The van der Waals surface area contributed by atoms with Gasteiger partial charge in [0.05, 0.1) is 11.8 Å². The molecule has 0 aromatic heterocycles. The third kappa shape index (κ3) is 1.93. The highest BCUT2D eigenvalue weighted by Crippen LogP contribution is 2.63. The lowest BCUT2D eigenvalue weighted by molar-refractivity contribution is -0.130. The quantitative estimate of drug-likeness (QED) is 0.532. The first-order chi connectivity index (χ1) is 10.9. The van der Waals surface area contributed by atoms with Gasteiger partial charge in [0.25, 0.3) is 0 Å². The van der Waals surface area contributed by atoms with Crippen LogP contribution in [0.1, 0.15) is 58.8 Å². The summed E-state index contributed by atoms with van der Waals surface area (Å²) in [6.45, 7) is 4.46. The first-order valence-electron chi connectivity index (χ1n) is 9.04. The largest absolute Gasteiger partial charge is 0.411 e. The van der Waals surface area contributed by atoms with Crippen molar-refractivity contribution < 1.29 is 15.1 Å². The summed E-state index contributed by atoms with van der Waals surface area (Å²) in [6, 6.07) is 0. The van der Waals surface area contributed by atoms with Crippen LogP contribution in [-0.2, 0) is 4.79 Å². The van der Waals surface area contributed by atoms with Crippen molar-refractivity contribution >= 4 is 11.5 Å². The van der Waals surface area contributed by atoms with E-state index in [2.05, 4.69) is 19.0 Å². The van der Waals surface area contributed by atoms with E-state index in [0.717, 1.165) is 37.8 Å². The Balaban J connectivity index is 1.80. The molecule has 0 saturated heterocycles. The summed E-state index contributed by atoms with van der Waals surface area (Å²) in [6.07, 6.45) is 7.90. The average Bonchev–Trinajstić information content (AvgIpc) is 2.83. The van der Waals surface area contributed by atoms with Gasteiger partial charge in [0.15, 0.2) is 0 Å². The zero-order valence-electron chi connectivity index (χ0n) is 14.1. The second-order valence-corrected chi connectivity index (χ2v) is 8.67. The Morgan fingerprint density at radius 2 is 1.83 bits per heavy atom. The molecular formula is C19H27NO3. The summed E-state index contributed by atoms with van der Waals surface area (Å²) in [5.41, 5.74) is 1.86. The number of nitrogens with zero attached hydrogens (tertiary/aromatic N) is 1. The van der Waals surface area contributed by atoms with Crippen LogP contribution in [0.5, 0.6) is 0 Å². The van der Waals surface area contributed by atoms with E-state index >= 15 is 0 Å². The molecule has 23 heavy (non-hydrogen) atoms. The average molecular weight is 317 g/mol. The zero-order chi connectivity index (χ0) is 16.4. The molecule has 4 aliphatic carbocycles. The lowest BCUT2D eigenvalue weighted by Crippen LogP contribution is -2.53. The zero-order valence-corrected chi connectivity index (χ0v) is 14.1. The highest BCUT2D eigenvalue weighted by molar-refractivity contribution is 6.00. The second-order valence-electron chi connectivity index (χ2n) is 8.67. The van der Waals surface area contributed by atoms with E-state index in [4.69, 9.17) is 0 Å². The molecule has 0 aromatic rings.